The summed E-state index contributed by atoms with van der Waals surface area (Å²) in [5.74, 6) is -2.74. The van der Waals surface area contributed by atoms with Crippen LogP contribution >= 0.6 is 0 Å². The number of carboxylic acid groups (broad SMARTS) is 1. The Morgan fingerprint density at radius 3 is 2.28 bits per heavy atom. The molecule has 0 aliphatic heterocycles. The molecule has 0 amide bonds. The van der Waals surface area contributed by atoms with Crippen LogP contribution in [0.25, 0.3) is 6.08 Å². The lowest BCUT2D eigenvalue weighted by atomic mass is 10.1. The largest absolute Gasteiger partial charge is 0.508 e. The Kier molecular flexibility index (Phi) is 5.62. The molecule has 2 aromatic rings. The number of aliphatic carboxylic acids is 1. The number of hydrogen-bond acceptors (Lipinski definition) is 6. The zero-order valence-corrected chi connectivity index (χ0v) is 13.0. The Balaban J connectivity index is 2.01. The molecule has 0 aliphatic carbocycles. The minimum atomic E-state index is -1.38. The number of carbonyl (C=O) groups is 2. The van der Waals surface area contributed by atoms with Crippen molar-refractivity contribution in [1.82, 2.24) is 0 Å². The van der Waals surface area contributed by atoms with E-state index in [4.69, 9.17) is 4.74 Å². The Morgan fingerprint density at radius 2 is 1.68 bits per heavy atom. The van der Waals surface area contributed by atoms with Crippen LogP contribution in [0.4, 0.5) is 0 Å². The third kappa shape index (κ3) is 5.28. The first-order valence-corrected chi connectivity index (χ1v) is 7.26. The second-order valence-electron chi connectivity index (χ2n) is 5.22. The number of aromatic hydroxyl groups is 3. The van der Waals surface area contributed by atoms with Crippen molar-refractivity contribution in [3.63, 3.8) is 0 Å². The molecule has 0 saturated carbocycles. The predicted molar refractivity (Wildman–Crippen MR) is 88.1 cm³/mol. The quantitative estimate of drug-likeness (QED) is 0.359. The molecular weight excluding hydrogens is 328 g/mol. The molecule has 0 saturated heterocycles. The van der Waals surface area contributed by atoms with Crippen molar-refractivity contribution in [2.24, 2.45) is 0 Å². The lowest BCUT2D eigenvalue weighted by Crippen LogP contribution is -2.28. The number of rotatable bonds is 6. The van der Waals surface area contributed by atoms with Crippen LogP contribution in [0.2, 0.25) is 0 Å². The molecule has 2 aromatic carbocycles. The van der Waals surface area contributed by atoms with Crippen molar-refractivity contribution in [1.29, 1.82) is 0 Å². The molecule has 0 aromatic heterocycles. The first kappa shape index (κ1) is 17.9. The predicted octanol–water partition coefficient (Wildman–Crippen LogP) is 2.06. The van der Waals surface area contributed by atoms with Gasteiger partial charge < -0.3 is 25.2 Å². The molecule has 0 radical (unpaired) electrons. The lowest BCUT2D eigenvalue weighted by molar-refractivity contribution is -0.160. The summed E-state index contributed by atoms with van der Waals surface area (Å²) in [4.78, 5) is 23.1. The second-order valence-corrected chi connectivity index (χ2v) is 5.22. The zero-order chi connectivity index (χ0) is 18.4. The summed E-state index contributed by atoms with van der Waals surface area (Å²) in [5, 5.41) is 37.0. The van der Waals surface area contributed by atoms with Gasteiger partial charge >= 0.3 is 11.9 Å². The third-order valence-corrected chi connectivity index (χ3v) is 3.30. The maximum atomic E-state index is 11.8. The first-order valence-electron chi connectivity index (χ1n) is 7.26. The highest BCUT2D eigenvalue weighted by atomic mass is 16.6. The van der Waals surface area contributed by atoms with Crippen molar-refractivity contribution < 1.29 is 34.8 Å². The molecule has 1 atom stereocenters. The van der Waals surface area contributed by atoms with Crippen molar-refractivity contribution in [3.05, 3.63) is 59.7 Å². The molecule has 0 heterocycles. The van der Waals surface area contributed by atoms with E-state index in [9.17, 15) is 30.0 Å². The lowest BCUT2D eigenvalue weighted by Gasteiger charge is -2.12. The van der Waals surface area contributed by atoms with Gasteiger partial charge in [-0.25, -0.2) is 9.59 Å². The highest BCUT2D eigenvalue weighted by Crippen LogP contribution is 2.25. The van der Waals surface area contributed by atoms with Crippen LogP contribution in [-0.2, 0) is 20.7 Å². The summed E-state index contributed by atoms with van der Waals surface area (Å²) < 4.78 is 4.92. The fourth-order valence-electron chi connectivity index (χ4n) is 2.01. The van der Waals surface area contributed by atoms with E-state index in [0.717, 1.165) is 6.08 Å². The van der Waals surface area contributed by atoms with Crippen LogP contribution in [-0.4, -0.2) is 38.5 Å². The summed E-state index contributed by atoms with van der Waals surface area (Å²) in [6.07, 6.45) is 0.921. The smallest absolute Gasteiger partial charge is 0.345 e. The molecule has 2 rings (SSSR count). The number of phenolic OH excluding ortho intramolecular Hbond substituents is 3. The van der Waals surface area contributed by atoms with Crippen LogP contribution in [0.3, 0.4) is 0 Å². The normalized spacial score (nSPS) is 12.0. The SMILES string of the molecule is O=C(/C=C/c1ccc(O)c(O)c1)O[C@@H](Cc1ccc(O)cc1)C(=O)O. The van der Waals surface area contributed by atoms with Crippen molar-refractivity contribution in [2.45, 2.75) is 12.5 Å². The van der Waals surface area contributed by atoms with Crippen molar-refractivity contribution in [2.75, 3.05) is 0 Å². The molecule has 0 spiro atoms. The maximum Gasteiger partial charge on any atom is 0.345 e. The highest BCUT2D eigenvalue weighted by Gasteiger charge is 2.21. The van der Waals surface area contributed by atoms with Gasteiger partial charge in [0.2, 0.25) is 6.10 Å². The molecule has 130 valence electrons. The third-order valence-electron chi connectivity index (χ3n) is 3.30. The molecule has 0 unspecified atom stereocenters. The number of esters is 1. The molecule has 0 aliphatic rings. The molecular formula is C18H16O7. The molecule has 4 N–H and O–H groups in total. The molecule has 7 heteroatoms. The van der Waals surface area contributed by atoms with E-state index in [0.29, 0.717) is 11.1 Å². The van der Waals surface area contributed by atoms with E-state index in [1.165, 1.54) is 48.5 Å². The maximum absolute atomic E-state index is 11.8. The van der Waals surface area contributed by atoms with Gasteiger partial charge in [0, 0.05) is 12.5 Å². The molecule has 0 bridgehead atoms. The van der Waals surface area contributed by atoms with Crippen LogP contribution in [0.15, 0.2) is 48.5 Å². The minimum absolute atomic E-state index is 0.0464. The van der Waals surface area contributed by atoms with Gasteiger partial charge in [0.15, 0.2) is 11.5 Å². The Bertz CT molecular complexity index is 794. The number of phenols is 3. The van der Waals surface area contributed by atoms with Crippen LogP contribution < -0.4 is 0 Å². The highest BCUT2D eigenvalue weighted by molar-refractivity contribution is 5.89. The van der Waals surface area contributed by atoms with Crippen LogP contribution in [0, 0.1) is 0 Å². The van der Waals surface area contributed by atoms with Gasteiger partial charge in [-0.2, -0.15) is 0 Å². The minimum Gasteiger partial charge on any atom is -0.508 e. The van der Waals surface area contributed by atoms with Gasteiger partial charge in [0.25, 0.3) is 0 Å². The van der Waals surface area contributed by atoms with E-state index < -0.39 is 18.0 Å². The van der Waals surface area contributed by atoms with E-state index in [1.807, 2.05) is 0 Å². The standard InChI is InChI=1S/C18H16O7/c19-13-5-1-12(2-6-13)10-16(18(23)24)25-17(22)8-4-11-3-7-14(20)15(21)9-11/h1-9,16,19-21H,10H2,(H,23,24)/b8-4+/t16-/m0/s1. The van der Waals surface area contributed by atoms with Gasteiger partial charge in [-0.15, -0.1) is 0 Å². The zero-order valence-electron chi connectivity index (χ0n) is 13.0. The van der Waals surface area contributed by atoms with Gasteiger partial charge in [0.1, 0.15) is 5.75 Å². The number of hydrogen-bond donors (Lipinski definition) is 4. The molecule has 25 heavy (non-hydrogen) atoms. The van der Waals surface area contributed by atoms with E-state index in [2.05, 4.69) is 0 Å². The fraction of sp³-hybridized carbons (Fsp3) is 0.111. The summed E-state index contributed by atoms with van der Waals surface area (Å²) in [5.41, 5.74) is 1.02. The van der Waals surface area contributed by atoms with Gasteiger partial charge in [-0.05, 0) is 41.5 Å². The summed E-state index contributed by atoms with van der Waals surface area (Å²) in [6.45, 7) is 0. The molecule has 0 fully saturated rings. The number of carboxylic acids is 1. The Morgan fingerprint density at radius 1 is 1.00 bits per heavy atom. The van der Waals surface area contributed by atoms with Crippen LogP contribution in [0.1, 0.15) is 11.1 Å². The number of carbonyl (C=O) groups excluding carboxylic acids is 1. The average Bonchev–Trinajstić information content (AvgIpc) is 2.57. The van der Waals surface area contributed by atoms with E-state index in [1.54, 1.807) is 0 Å². The summed E-state index contributed by atoms with van der Waals surface area (Å²) in [6, 6.07) is 9.85. The van der Waals surface area contributed by atoms with E-state index >= 15 is 0 Å². The monoisotopic (exact) mass is 344 g/mol. The van der Waals surface area contributed by atoms with Gasteiger partial charge in [-0.1, -0.05) is 18.2 Å². The van der Waals surface area contributed by atoms with Crippen LogP contribution in [0.5, 0.6) is 17.2 Å². The fourth-order valence-corrected chi connectivity index (χ4v) is 2.01. The number of ether oxygens (including phenoxy) is 1. The Hall–Kier alpha value is -3.48. The van der Waals surface area contributed by atoms with Gasteiger partial charge in [-0.3, -0.25) is 0 Å². The number of benzene rings is 2. The second kappa shape index (κ2) is 7.87. The first-order chi connectivity index (χ1) is 11.8. The van der Waals surface area contributed by atoms with E-state index in [-0.39, 0.29) is 23.7 Å². The summed E-state index contributed by atoms with van der Waals surface area (Å²) in [7, 11) is 0. The topological polar surface area (TPSA) is 124 Å². The summed E-state index contributed by atoms with van der Waals surface area (Å²) >= 11 is 0. The van der Waals surface area contributed by atoms with Gasteiger partial charge in [0.05, 0.1) is 0 Å². The van der Waals surface area contributed by atoms with Crippen molar-refractivity contribution >= 4 is 18.0 Å². The Labute approximate surface area is 143 Å². The van der Waals surface area contributed by atoms with Crippen molar-refractivity contribution in [3.8, 4) is 17.2 Å². The molecule has 7 nitrogen and oxygen atoms in total. The average molecular weight is 344 g/mol.